The van der Waals surface area contributed by atoms with E-state index in [4.69, 9.17) is 14.7 Å². The van der Waals surface area contributed by atoms with E-state index in [1.165, 1.54) is 0 Å². The van der Waals surface area contributed by atoms with Crippen LogP contribution in [0.1, 0.15) is 12.2 Å². The van der Waals surface area contributed by atoms with Gasteiger partial charge >= 0.3 is 0 Å². The number of nitrogens with zero attached hydrogens (tertiary/aromatic N) is 3. The largest absolute Gasteiger partial charge is 0.497 e. The third kappa shape index (κ3) is 3.27. The second kappa shape index (κ2) is 6.84. The summed E-state index contributed by atoms with van der Waals surface area (Å²) in [5.74, 6) is 2.29. The molecule has 1 aromatic heterocycles. The highest BCUT2D eigenvalue weighted by molar-refractivity contribution is 5.75. The zero-order chi connectivity index (χ0) is 16.1. The number of methoxy groups -OCH3 is 1. The molecule has 0 aliphatic rings. The monoisotopic (exact) mass is 307 g/mol. The van der Waals surface area contributed by atoms with Crippen LogP contribution in [0, 0.1) is 11.3 Å². The van der Waals surface area contributed by atoms with Crippen molar-refractivity contribution < 1.29 is 9.47 Å². The minimum Gasteiger partial charge on any atom is -0.497 e. The lowest BCUT2D eigenvalue weighted by Gasteiger charge is -2.09. The molecule has 0 saturated carbocycles. The number of hydrogen-bond acceptors (Lipinski definition) is 4. The molecule has 116 valence electrons. The van der Waals surface area contributed by atoms with E-state index in [0.717, 1.165) is 28.4 Å². The maximum atomic E-state index is 8.86. The molecule has 0 spiro atoms. The van der Waals surface area contributed by atoms with Crippen molar-refractivity contribution >= 4 is 11.0 Å². The first-order valence-electron chi connectivity index (χ1n) is 7.40. The number of aryl methyl sites for hydroxylation is 1. The molecule has 0 saturated heterocycles. The van der Waals surface area contributed by atoms with Crippen molar-refractivity contribution in [1.29, 1.82) is 5.26 Å². The fourth-order valence-electron chi connectivity index (χ4n) is 2.49. The number of imidazole rings is 1. The predicted octanol–water partition coefficient (Wildman–Crippen LogP) is 3.54. The molecule has 0 atom stereocenters. The van der Waals surface area contributed by atoms with Gasteiger partial charge in [0.05, 0.1) is 30.6 Å². The summed E-state index contributed by atoms with van der Waals surface area (Å²) in [6.07, 6.45) is 0.437. The van der Waals surface area contributed by atoms with Crippen molar-refractivity contribution in [2.24, 2.45) is 0 Å². The molecule has 3 rings (SSSR count). The highest BCUT2D eigenvalue weighted by Crippen LogP contribution is 2.21. The Kier molecular flexibility index (Phi) is 4.44. The number of nitriles is 1. The third-order valence-corrected chi connectivity index (χ3v) is 3.59. The average Bonchev–Trinajstić information content (AvgIpc) is 2.96. The Labute approximate surface area is 134 Å². The molecule has 23 heavy (non-hydrogen) atoms. The van der Waals surface area contributed by atoms with Crippen molar-refractivity contribution in [3.05, 3.63) is 54.4 Å². The summed E-state index contributed by atoms with van der Waals surface area (Å²) in [4.78, 5) is 4.62. The van der Waals surface area contributed by atoms with Crippen molar-refractivity contribution in [3.63, 3.8) is 0 Å². The molecule has 0 aliphatic carbocycles. The van der Waals surface area contributed by atoms with Crippen LogP contribution in [0.2, 0.25) is 0 Å². The van der Waals surface area contributed by atoms with Gasteiger partial charge in [-0.25, -0.2) is 4.98 Å². The van der Waals surface area contributed by atoms with Gasteiger partial charge in [0, 0.05) is 12.6 Å². The van der Waals surface area contributed by atoms with E-state index in [1.54, 1.807) is 7.11 Å². The van der Waals surface area contributed by atoms with Gasteiger partial charge in [0.1, 0.15) is 23.9 Å². The molecule has 0 aliphatic heterocycles. The lowest BCUT2D eigenvalue weighted by molar-refractivity contribution is 0.288. The van der Waals surface area contributed by atoms with Crippen LogP contribution < -0.4 is 9.47 Å². The topological polar surface area (TPSA) is 60.1 Å². The minimum absolute atomic E-state index is 0.341. The van der Waals surface area contributed by atoms with E-state index in [1.807, 2.05) is 53.1 Å². The van der Waals surface area contributed by atoms with Crippen LogP contribution in [-0.4, -0.2) is 16.7 Å². The van der Waals surface area contributed by atoms with Crippen LogP contribution in [0.25, 0.3) is 11.0 Å². The van der Waals surface area contributed by atoms with Gasteiger partial charge in [-0.1, -0.05) is 18.2 Å². The number of fused-ring (bicyclic) bond motifs is 1. The molecular weight excluding hydrogens is 290 g/mol. The number of rotatable bonds is 6. The smallest absolute Gasteiger partial charge is 0.148 e. The molecule has 0 amide bonds. The maximum absolute atomic E-state index is 8.86. The molecule has 0 unspecified atom stereocenters. The van der Waals surface area contributed by atoms with Gasteiger partial charge in [-0.15, -0.1) is 0 Å². The van der Waals surface area contributed by atoms with Crippen molar-refractivity contribution in [3.8, 4) is 17.6 Å². The van der Waals surface area contributed by atoms with E-state index in [-0.39, 0.29) is 0 Å². The summed E-state index contributed by atoms with van der Waals surface area (Å²) in [5.41, 5.74) is 1.93. The summed E-state index contributed by atoms with van der Waals surface area (Å²) < 4.78 is 13.1. The fourth-order valence-corrected chi connectivity index (χ4v) is 2.49. The van der Waals surface area contributed by atoms with Crippen molar-refractivity contribution in [1.82, 2.24) is 9.55 Å². The number of benzene rings is 2. The van der Waals surface area contributed by atoms with E-state index in [0.29, 0.717) is 19.6 Å². The van der Waals surface area contributed by atoms with Crippen LogP contribution in [-0.2, 0) is 13.2 Å². The van der Waals surface area contributed by atoms with Crippen LogP contribution in [0.15, 0.2) is 48.5 Å². The molecule has 0 N–H and O–H groups in total. The Morgan fingerprint density at radius 1 is 1.13 bits per heavy atom. The first-order chi connectivity index (χ1) is 11.3. The molecule has 2 aromatic carbocycles. The lowest BCUT2D eigenvalue weighted by Crippen LogP contribution is -2.07. The zero-order valence-electron chi connectivity index (χ0n) is 12.9. The van der Waals surface area contributed by atoms with E-state index in [9.17, 15) is 0 Å². The van der Waals surface area contributed by atoms with Crippen LogP contribution in [0.3, 0.4) is 0 Å². The second-order valence-electron chi connectivity index (χ2n) is 5.04. The fraction of sp³-hybridized carbons (Fsp3) is 0.222. The summed E-state index contributed by atoms with van der Waals surface area (Å²) in [6.45, 7) is 0.946. The van der Waals surface area contributed by atoms with Crippen molar-refractivity contribution in [2.45, 2.75) is 19.6 Å². The Morgan fingerprint density at radius 3 is 2.78 bits per heavy atom. The van der Waals surface area contributed by atoms with Gasteiger partial charge in [0.2, 0.25) is 0 Å². The SMILES string of the molecule is COc1cccc(OCc2nc3ccccc3n2CCC#N)c1. The molecule has 0 radical (unpaired) electrons. The van der Waals surface area contributed by atoms with Crippen molar-refractivity contribution in [2.75, 3.05) is 7.11 Å². The molecule has 1 heterocycles. The van der Waals surface area contributed by atoms with E-state index < -0.39 is 0 Å². The molecule has 5 nitrogen and oxygen atoms in total. The van der Waals surface area contributed by atoms with Gasteiger partial charge in [0.15, 0.2) is 0 Å². The van der Waals surface area contributed by atoms with Crippen LogP contribution in [0.5, 0.6) is 11.5 Å². The van der Waals surface area contributed by atoms with Gasteiger partial charge < -0.3 is 14.0 Å². The van der Waals surface area contributed by atoms with Gasteiger partial charge in [-0.3, -0.25) is 0 Å². The maximum Gasteiger partial charge on any atom is 0.148 e. The average molecular weight is 307 g/mol. The van der Waals surface area contributed by atoms with Gasteiger partial charge in [-0.05, 0) is 24.3 Å². The first kappa shape index (κ1) is 14.9. The Morgan fingerprint density at radius 2 is 1.96 bits per heavy atom. The Balaban J connectivity index is 1.85. The standard InChI is InChI=1S/C18H17N3O2/c1-22-14-6-4-7-15(12-14)23-13-18-20-16-8-2-3-9-17(16)21(18)11-5-10-19/h2-4,6-9,12H,5,11,13H2,1H3. The molecule has 0 bridgehead atoms. The molecule has 0 fully saturated rings. The summed E-state index contributed by atoms with van der Waals surface area (Å²) >= 11 is 0. The predicted molar refractivity (Wildman–Crippen MR) is 87.3 cm³/mol. The minimum atomic E-state index is 0.341. The summed E-state index contributed by atoms with van der Waals surface area (Å²) in [7, 11) is 1.63. The highest BCUT2D eigenvalue weighted by Gasteiger charge is 2.11. The number of hydrogen-bond donors (Lipinski definition) is 0. The Hall–Kier alpha value is -3.00. The highest BCUT2D eigenvalue weighted by atomic mass is 16.5. The van der Waals surface area contributed by atoms with Crippen LogP contribution >= 0.6 is 0 Å². The van der Waals surface area contributed by atoms with Gasteiger partial charge in [0.25, 0.3) is 0 Å². The first-order valence-corrected chi connectivity index (χ1v) is 7.40. The number of para-hydroxylation sites is 2. The molecule has 5 heteroatoms. The lowest BCUT2D eigenvalue weighted by atomic mass is 10.3. The molecule has 3 aromatic rings. The van der Waals surface area contributed by atoms with Crippen LogP contribution in [0.4, 0.5) is 0 Å². The second-order valence-corrected chi connectivity index (χ2v) is 5.04. The Bertz CT molecular complexity index is 849. The van der Waals surface area contributed by atoms with E-state index in [2.05, 4.69) is 11.1 Å². The quantitative estimate of drug-likeness (QED) is 0.699. The third-order valence-electron chi connectivity index (χ3n) is 3.59. The normalized spacial score (nSPS) is 10.4. The number of aromatic nitrogens is 2. The molecular formula is C18H17N3O2. The summed E-state index contributed by atoms with van der Waals surface area (Å²) in [6, 6.07) is 17.5. The van der Waals surface area contributed by atoms with Gasteiger partial charge in [-0.2, -0.15) is 5.26 Å². The van der Waals surface area contributed by atoms with E-state index >= 15 is 0 Å². The summed E-state index contributed by atoms with van der Waals surface area (Å²) in [5, 5.41) is 8.86. The zero-order valence-corrected chi connectivity index (χ0v) is 12.9. The number of ether oxygens (including phenoxy) is 2.